The molecule has 2 fully saturated rings. The van der Waals surface area contributed by atoms with Gasteiger partial charge in [0.05, 0.1) is 6.04 Å². The molecule has 2 amide bonds. The zero-order valence-electron chi connectivity index (χ0n) is 13.8. The maximum absolute atomic E-state index is 12.5. The number of aliphatic hydroxyl groups excluding tert-OH is 1. The van der Waals surface area contributed by atoms with Gasteiger partial charge in [-0.05, 0) is 38.4 Å². The number of nitrogens with one attached hydrogen (secondary N) is 1. The van der Waals surface area contributed by atoms with E-state index in [1.807, 2.05) is 4.90 Å². The third kappa shape index (κ3) is 4.43. The standard InChI is InChI=1S/C16H29N3O3/c1-3-18-6-4-13(5-7-18)8-16(22)19-9-14(11-20)15(10-19)17-12(2)21/h13-15,20H,3-11H2,1-2H3,(H,17,21)/t14-,15+/m0/s1. The van der Waals surface area contributed by atoms with Crippen LogP contribution in [0, 0.1) is 11.8 Å². The number of likely N-dealkylation sites (tertiary alicyclic amines) is 2. The zero-order valence-corrected chi connectivity index (χ0v) is 13.8. The Bertz CT molecular complexity index is 394. The highest BCUT2D eigenvalue weighted by molar-refractivity contribution is 5.77. The third-order valence-corrected chi connectivity index (χ3v) is 5.03. The molecule has 22 heavy (non-hydrogen) atoms. The molecule has 126 valence electrons. The van der Waals surface area contributed by atoms with E-state index in [9.17, 15) is 14.7 Å². The summed E-state index contributed by atoms with van der Waals surface area (Å²) < 4.78 is 0. The second-order valence-corrected chi connectivity index (χ2v) is 6.63. The fraction of sp³-hybridized carbons (Fsp3) is 0.875. The van der Waals surface area contributed by atoms with Crippen molar-refractivity contribution in [2.45, 2.75) is 39.2 Å². The van der Waals surface area contributed by atoms with Crippen LogP contribution in [0.2, 0.25) is 0 Å². The van der Waals surface area contributed by atoms with Crippen LogP contribution in [0.1, 0.15) is 33.1 Å². The molecule has 2 rings (SSSR count). The van der Waals surface area contributed by atoms with Crippen molar-refractivity contribution in [2.75, 3.05) is 39.3 Å². The average molecular weight is 311 g/mol. The van der Waals surface area contributed by atoms with Gasteiger partial charge in [0.1, 0.15) is 0 Å². The van der Waals surface area contributed by atoms with Gasteiger partial charge in [-0.25, -0.2) is 0 Å². The minimum Gasteiger partial charge on any atom is -0.396 e. The summed E-state index contributed by atoms with van der Waals surface area (Å²) in [6, 6.07) is -0.117. The predicted molar refractivity (Wildman–Crippen MR) is 84.2 cm³/mol. The molecule has 2 aliphatic heterocycles. The number of nitrogens with zero attached hydrogens (tertiary/aromatic N) is 2. The maximum Gasteiger partial charge on any atom is 0.222 e. The van der Waals surface area contributed by atoms with Crippen LogP contribution < -0.4 is 5.32 Å². The van der Waals surface area contributed by atoms with E-state index in [0.717, 1.165) is 32.5 Å². The molecule has 6 nitrogen and oxygen atoms in total. The number of carbonyl (C=O) groups excluding carboxylic acids is 2. The van der Waals surface area contributed by atoms with Crippen molar-refractivity contribution < 1.29 is 14.7 Å². The molecule has 2 heterocycles. The van der Waals surface area contributed by atoms with E-state index < -0.39 is 0 Å². The molecule has 6 heteroatoms. The van der Waals surface area contributed by atoms with Gasteiger partial charge >= 0.3 is 0 Å². The molecule has 0 bridgehead atoms. The highest BCUT2D eigenvalue weighted by Gasteiger charge is 2.36. The van der Waals surface area contributed by atoms with Crippen LogP contribution in [0.3, 0.4) is 0 Å². The van der Waals surface area contributed by atoms with E-state index >= 15 is 0 Å². The van der Waals surface area contributed by atoms with Crippen molar-refractivity contribution in [1.29, 1.82) is 0 Å². The second-order valence-electron chi connectivity index (χ2n) is 6.63. The number of aliphatic hydroxyl groups is 1. The Labute approximate surface area is 132 Å². The summed E-state index contributed by atoms with van der Waals surface area (Å²) in [7, 11) is 0. The van der Waals surface area contributed by atoms with Crippen molar-refractivity contribution in [3.8, 4) is 0 Å². The van der Waals surface area contributed by atoms with Gasteiger partial charge in [0.15, 0.2) is 0 Å². The third-order valence-electron chi connectivity index (χ3n) is 5.03. The molecule has 0 aromatic carbocycles. The first kappa shape index (κ1) is 17.2. The van der Waals surface area contributed by atoms with Gasteiger partial charge in [-0.3, -0.25) is 9.59 Å². The lowest BCUT2D eigenvalue weighted by Crippen LogP contribution is -2.41. The zero-order chi connectivity index (χ0) is 16.1. The van der Waals surface area contributed by atoms with Crippen LogP contribution in [0.15, 0.2) is 0 Å². The lowest BCUT2D eigenvalue weighted by atomic mass is 9.93. The van der Waals surface area contributed by atoms with E-state index in [1.165, 1.54) is 6.92 Å². The monoisotopic (exact) mass is 311 g/mol. The minimum atomic E-state index is -0.117. The summed E-state index contributed by atoms with van der Waals surface area (Å²) in [6.07, 6.45) is 2.78. The molecular formula is C16H29N3O3. The van der Waals surface area contributed by atoms with Crippen LogP contribution in [-0.2, 0) is 9.59 Å². The van der Waals surface area contributed by atoms with Gasteiger partial charge in [0.25, 0.3) is 0 Å². The van der Waals surface area contributed by atoms with Gasteiger partial charge in [0.2, 0.25) is 11.8 Å². The number of carbonyl (C=O) groups is 2. The number of piperidine rings is 1. The Morgan fingerprint density at radius 1 is 1.23 bits per heavy atom. The summed E-state index contributed by atoms with van der Waals surface area (Å²) in [6.45, 7) is 7.98. The van der Waals surface area contributed by atoms with Gasteiger partial charge in [-0.15, -0.1) is 0 Å². The number of hydrogen-bond acceptors (Lipinski definition) is 4. The Balaban J connectivity index is 1.82. The topological polar surface area (TPSA) is 72.9 Å². The van der Waals surface area contributed by atoms with E-state index in [4.69, 9.17) is 0 Å². The summed E-state index contributed by atoms with van der Waals surface area (Å²) in [5.41, 5.74) is 0. The molecule has 2 N–H and O–H groups in total. The van der Waals surface area contributed by atoms with Crippen LogP contribution in [-0.4, -0.2) is 72.1 Å². The summed E-state index contributed by atoms with van der Waals surface area (Å²) >= 11 is 0. The van der Waals surface area contributed by atoms with Crippen LogP contribution >= 0.6 is 0 Å². The van der Waals surface area contributed by atoms with E-state index in [-0.39, 0.29) is 30.4 Å². The smallest absolute Gasteiger partial charge is 0.222 e. The molecule has 0 aromatic rings. The molecule has 2 atom stereocenters. The largest absolute Gasteiger partial charge is 0.396 e. The van der Waals surface area contributed by atoms with Gasteiger partial charge < -0.3 is 20.2 Å². The van der Waals surface area contributed by atoms with E-state index in [1.54, 1.807) is 0 Å². The van der Waals surface area contributed by atoms with Crippen LogP contribution in [0.5, 0.6) is 0 Å². The van der Waals surface area contributed by atoms with E-state index in [2.05, 4.69) is 17.1 Å². The SMILES string of the molecule is CCN1CCC(CC(=O)N2C[C@@H](CO)[C@H](NC(C)=O)C2)CC1. The summed E-state index contributed by atoms with van der Waals surface area (Å²) in [5, 5.41) is 12.3. The molecule has 2 aliphatic rings. The molecule has 0 aliphatic carbocycles. The number of amides is 2. The first-order valence-electron chi connectivity index (χ1n) is 8.41. The molecule has 0 spiro atoms. The Morgan fingerprint density at radius 3 is 2.45 bits per heavy atom. The predicted octanol–water partition coefficient (Wildman–Crippen LogP) is 0.0638. The van der Waals surface area contributed by atoms with Crippen LogP contribution in [0.4, 0.5) is 0 Å². The first-order chi connectivity index (χ1) is 10.5. The lowest BCUT2D eigenvalue weighted by Gasteiger charge is -2.31. The average Bonchev–Trinajstić information content (AvgIpc) is 2.90. The lowest BCUT2D eigenvalue weighted by molar-refractivity contribution is -0.132. The summed E-state index contributed by atoms with van der Waals surface area (Å²) in [5.74, 6) is 0.489. The molecule has 0 saturated carbocycles. The first-order valence-corrected chi connectivity index (χ1v) is 8.41. The second kappa shape index (κ2) is 7.92. The molecule has 0 unspecified atom stereocenters. The maximum atomic E-state index is 12.5. The molecule has 2 saturated heterocycles. The highest BCUT2D eigenvalue weighted by Crippen LogP contribution is 2.24. The highest BCUT2D eigenvalue weighted by atomic mass is 16.3. The van der Waals surface area contributed by atoms with Gasteiger partial charge in [-0.2, -0.15) is 0 Å². The van der Waals surface area contributed by atoms with Gasteiger partial charge in [0, 0.05) is 39.0 Å². The normalized spacial score (nSPS) is 27.1. The van der Waals surface area contributed by atoms with Crippen molar-refractivity contribution >= 4 is 11.8 Å². The van der Waals surface area contributed by atoms with E-state index in [0.29, 0.717) is 25.4 Å². The molecule has 0 aromatic heterocycles. The fourth-order valence-electron chi connectivity index (χ4n) is 3.57. The van der Waals surface area contributed by atoms with Crippen molar-refractivity contribution in [3.63, 3.8) is 0 Å². The Hall–Kier alpha value is -1.14. The minimum absolute atomic E-state index is 0.00359. The summed E-state index contributed by atoms with van der Waals surface area (Å²) in [4.78, 5) is 27.9. The number of rotatable bonds is 5. The Kier molecular flexibility index (Phi) is 6.20. The van der Waals surface area contributed by atoms with Gasteiger partial charge in [-0.1, -0.05) is 6.92 Å². The Morgan fingerprint density at radius 2 is 1.91 bits per heavy atom. The van der Waals surface area contributed by atoms with Crippen LogP contribution in [0.25, 0.3) is 0 Å². The van der Waals surface area contributed by atoms with Crippen molar-refractivity contribution in [3.05, 3.63) is 0 Å². The van der Waals surface area contributed by atoms with Crippen molar-refractivity contribution in [2.24, 2.45) is 11.8 Å². The molecule has 0 radical (unpaired) electrons. The van der Waals surface area contributed by atoms with Crippen molar-refractivity contribution in [1.82, 2.24) is 15.1 Å². The molecular weight excluding hydrogens is 282 g/mol. The quantitative estimate of drug-likeness (QED) is 0.753. The fourth-order valence-corrected chi connectivity index (χ4v) is 3.57. The number of hydrogen-bond donors (Lipinski definition) is 2.